The minimum Gasteiger partial charge on any atom is -0.397 e. The van der Waals surface area contributed by atoms with E-state index in [1.54, 1.807) is 18.3 Å². The SMILES string of the molecule is Nc1ccc(SCC(=O)Nc2ccc(Br)cc2Br)nc1. The zero-order chi connectivity index (χ0) is 14.5. The number of hydrogen-bond acceptors (Lipinski definition) is 4. The molecule has 0 aliphatic rings. The first-order valence-corrected chi connectivity index (χ1v) is 8.21. The Hall–Kier alpha value is -1.05. The number of nitrogens with two attached hydrogens (primary N) is 1. The standard InChI is InChI=1S/C13H11Br2N3OS/c14-8-1-3-11(10(15)5-8)18-12(19)7-20-13-4-2-9(16)6-17-13/h1-6H,7,16H2,(H,18,19). The molecular formula is C13H11Br2N3OS. The number of anilines is 2. The van der Waals surface area contributed by atoms with Crippen LogP contribution in [0.2, 0.25) is 0 Å². The molecule has 3 N–H and O–H groups in total. The number of nitrogens with zero attached hydrogens (tertiary/aromatic N) is 1. The van der Waals surface area contributed by atoms with Crippen molar-refractivity contribution >= 4 is 60.9 Å². The zero-order valence-corrected chi connectivity index (χ0v) is 14.3. The van der Waals surface area contributed by atoms with Crippen molar-refractivity contribution in [2.45, 2.75) is 5.03 Å². The molecule has 1 heterocycles. The molecule has 0 radical (unpaired) electrons. The van der Waals surface area contributed by atoms with Crippen LogP contribution in [0.3, 0.4) is 0 Å². The van der Waals surface area contributed by atoms with E-state index < -0.39 is 0 Å². The fourth-order valence-corrected chi connectivity index (χ4v) is 3.18. The summed E-state index contributed by atoms with van der Waals surface area (Å²) in [6.45, 7) is 0. The van der Waals surface area contributed by atoms with Gasteiger partial charge >= 0.3 is 0 Å². The molecule has 0 saturated heterocycles. The maximum atomic E-state index is 11.9. The van der Waals surface area contributed by atoms with Gasteiger partial charge in [-0.2, -0.15) is 0 Å². The van der Waals surface area contributed by atoms with Crippen LogP contribution in [0.5, 0.6) is 0 Å². The van der Waals surface area contributed by atoms with Gasteiger partial charge in [-0.15, -0.1) is 0 Å². The van der Waals surface area contributed by atoms with Crippen LogP contribution in [0.15, 0.2) is 50.5 Å². The van der Waals surface area contributed by atoms with Crippen LogP contribution in [0.25, 0.3) is 0 Å². The number of carbonyl (C=O) groups is 1. The summed E-state index contributed by atoms with van der Waals surface area (Å²) in [7, 11) is 0. The maximum absolute atomic E-state index is 11.9. The first kappa shape index (κ1) is 15.3. The molecule has 20 heavy (non-hydrogen) atoms. The van der Waals surface area contributed by atoms with E-state index in [1.807, 2.05) is 18.2 Å². The summed E-state index contributed by atoms with van der Waals surface area (Å²) in [5, 5.41) is 3.61. The molecule has 4 nitrogen and oxygen atoms in total. The van der Waals surface area contributed by atoms with E-state index in [1.165, 1.54) is 11.8 Å². The van der Waals surface area contributed by atoms with Crippen molar-refractivity contribution in [3.8, 4) is 0 Å². The number of halogens is 2. The summed E-state index contributed by atoms with van der Waals surface area (Å²) >= 11 is 8.13. The van der Waals surface area contributed by atoms with Gasteiger partial charge in [0.15, 0.2) is 0 Å². The average molecular weight is 417 g/mol. The van der Waals surface area contributed by atoms with Gasteiger partial charge in [0.25, 0.3) is 0 Å². The van der Waals surface area contributed by atoms with Crippen LogP contribution >= 0.6 is 43.6 Å². The quantitative estimate of drug-likeness (QED) is 0.741. The molecular weight excluding hydrogens is 406 g/mol. The van der Waals surface area contributed by atoms with Crippen molar-refractivity contribution in [2.24, 2.45) is 0 Å². The monoisotopic (exact) mass is 415 g/mol. The van der Waals surface area contributed by atoms with Gasteiger partial charge in [-0.05, 0) is 46.3 Å². The highest BCUT2D eigenvalue weighted by Gasteiger charge is 2.07. The second-order valence-corrected chi connectivity index (χ2v) is 6.66. The minimum absolute atomic E-state index is 0.0864. The average Bonchev–Trinajstić information content (AvgIpc) is 2.41. The van der Waals surface area contributed by atoms with Crippen LogP contribution in [-0.2, 0) is 4.79 Å². The molecule has 0 bridgehead atoms. The highest BCUT2D eigenvalue weighted by Crippen LogP contribution is 2.26. The van der Waals surface area contributed by atoms with Crippen molar-refractivity contribution in [2.75, 3.05) is 16.8 Å². The Morgan fingerprint density at radius 2 is 2.10 bits per heavy atom. The summed E-state index contributed by atoms with van der Waals surface area (Å²) in [5.74, 6) is 0.205. The van der Waals surface area contributed by atoms with E-state index in [-0.39, 0.29) is 5.91 Å². The van der Waals surface area contributed by atoms with Crippen LogP contribution in [-0.4, -0.2) is 16.6 Å². The number of benzene rings is 1. The van der Waals surface area contributed by atoms with Crippen LogP contribution < -0.4 is 11.1 Å². The first-order valence-electron chi connectivity index (χ1n) is 5.64. The predicted molar refractivity (Wildman–Crippen MR) is 89.8 cm³/mol. The van der Waals surface area contributed by atoms with Gasteiger partial charge in [0, 0.05) is 8.95 Å². The fourth-order valence-electron chi connectivity index (χ4n) is 1.39. The number of thioether (sulfide) groups is 1. The number of pyridine rings is 1. The largest absolute Gasteiger partial charge is 0.397 e. The Balaban J connectivity index is 1.90. The third-order valence-electron chi connectivity index (χ3n) is 2.32. The smallest absolute Gasteiger partial charge is 0.234 e. The van der Waals surface area contributed by atoms with Crippen LogP contribution in [0, 0.1) is 0 Å². The highest BCUT2D eigenvalue weighted by atomic mass is 79.9. The normalized spacial score (nSPS) is 10.3. The van der Waals surface area contributed by atoms with E-state index in [2.05, 4.69) is 42.2 Å². The Kier molecular flexibility index (Phi) is 5.45. The minimum atomic E-state index is -0.0864. The lowest BCUT2D eigenvalue weighted by Gasteiger charge is -2.07. The molecule has 1 amide bonds. The number of nitrogen functional groups attached to an aromatic ring is 1. The van der Waals surface area contributed by atoms with E-state index in [0.29, 0.717) is 11.4 Å². The van der Waals surface area contributed by atoms with Gasteiger partial charge in [0.1, 0.15) is 0 Å². The van der Waals surface area contributed by atoms with Gasteiger partial charge < -0.3 is 11.1 Å². The molecule has 1 aromatic heterocycles. The predicted octanol–water partition coefficient (Wildman–Crippen LogP) is 3.92. The lowest BCUT2D eigenvalue weighted by Crippen LogP contribution is -2.14. The third-order valence-corrected chi connectivity index (χ3v) is 4.41. The number of amides is 1. The van der Waals surface area contributed by atoms with Gasteiger partial charge in [-0.3, -0.25) is 4.79 Å². The second kappa shape index (κ2) is 7.10. The molecule has 0 spiro atoms. The first-order chi connectivity index (χ1) is 9.54. The van der Waals surface area contributed by atoms with Crippen molar-refractivity contribution in [3.63, 3.8) is 0 Å². The molecule has 0 saturated carbocycles. The molecule has 104 valence electrons. The van der Waals surface area contributed by atoms with Crippen molar-refractivity contribution in [1.82, 2.24) is 4.98 Å². The summed E-state index contributed by atoms with van der Waals surface area (Å²) in [6.07, 6.45) is 1.57. The molecule has 0 fully saturated rings. The van der Waals surface area contributed by atoms with E-state index in [9.17, 15) is 4.79 Å². The fraction of sp³-hybridized carbons (Fsp3) is 0.0769. The van der Waals surface area contributed by atoms with Gasteiger partial charge in [0.2, 0.25) is 5.91 Å². The van der Waals surface area contributed by atoms with Crippen molar-refractivity contribution in [3.05, 3.63) is 45.5 Å². The Labute approximate surface area is 137 Å². The molecule has 0 aliphatic carbocycles. The highest BCUT2D eigenvalue weighted by molar-refractivity contribution is 9.11. The number of aromatic nitrogens is 1. The summed E-state index contributed by atoms with van der Waals surface area (Å²) in [4.78, 5) is 16.0. The lowest BCUT2D eigenvalue weighted by atomic mass is 10.3. The summed E-state index contributed by atoms with van der Waals surface area (Å²) in [6, 6.07) is 9.14. The topological polar surface area (TPSA) is 68.0 Å². The Morgan fingerprint density at radius 1 is 1.30 bits per heavy atom. The molecule has 0 aliphatic heterocycles. The molecule has 2 aromatic rings. The zero-order valence-electron chi connectivity index (χ0n) is 10.3. The van der Waals surface area contributed by atoms with Crippen molar-refractivity contribution in [1.29, 1.82) is 0 Å². The van der Waals surface area contributed by atoms with E-state index in [0.717, 1.165) is 19.7 Å². The lowest BCUT2D eigenvalue weighted by molar-refractivity contribution is -0.113. The second-order valence-electron chi connectivity index (χ2n) is 3.89. The summed E-state index contributed by atoms with van der Waals surface area (Å²) < 4.78 is 1.78. The van der Waals surface area contributed by atoms with Crippen LogP contribution in [0.1, 0.15) is 0 Å². The van der Waals surface area contributed by atoms with Crippen LogP contribution in [0.4, 0.5) is 11.4 Å². The maximum Gasteiger partial charge on any atom is 0.234 e. The number of rotatable bonds is 4. The molecule has 0 atom stereocenters. The van der Waals surface area contributed by atoms with E-state index in [4.69, 9.17) is 5.73 Å². The Morgan fingerprint density at radius 3 is 2.75 bits per heavy atom. The number of hydrogen-bond donors (Lipinski definition) is 2. The Bertz CT molecular complexity index is 620. The van der Waals surface area contributed by atoms with Gasteiger partial charge in [-0.25, -0.2) is 4.98 Å². The van der Waals surface area contributed by atoms with Crippen molar-refractivity contribution < 1.29 is 4.79 Å². The molecule has 1 aromatic carbocycles. The molecule has 7 heteroatoms. The number of carbonyl (C=O) groups excluding carboxylic acids is 1. The number of nitrogens with one attached hydrogen (secondary N) is 1. The molecule has 2 rings (SSSR count). The third kappa shape index (κ3) is 4.50. The molecule has 0 unspecified atom stereocenters. The summed E-state index contributed by atoms with van der Waals surface area (Å²) in [5.41, 5.74) is 6.90. The van der Waals surface area contributed by atoms with Gasteiger partial charge in [0.05, 0.1) is 28.4 Å². The van der Waals surface area contributed by atoms with Gasteiger partial charge in [-0.1, -0.05) is 27.7 Å². The van der Waals surface area contributed by atoms with E-state index >= 15 is 0 Å².